The zero-order valence-electron chi connectivity index (χ0n) is 11.8. The van der Waals surface area contributed by atoms with Gasteiger partial charge in [-0.15, -0.1) is 0 Å². The van der Waals surface area contributed by atoms with Crippen molar-refractivity contribution in [3.05, 3.63) is 29.8 Å². The summed E-state index contributed by atoms with van der Waals surface area (Å²) in [6.45, 7) is 8.39. The van der Waals surface area contributed by atoms with Crippen molar-refractivity contribution in [2.24, 2.45) is 5.92 Å². The highest BCUT2D eigenvalue weighted by Gasteiger charge is 2.11. The largest absolute Gasteiger partial charge is 0.324 e. The number of para-hydroxylation sites is 1. The summed E-state index contributed by atoms with van der Waals surface area (Å²) in [6.07, 6.45) is 0. The van der Waals surface area contributed by atoms with E-state index in [0.29, 0.717) is 23.7 Å². The molecule has 0 saturated carbocycles. The number of nitrogens with zero attached hydrogens (tertiary/aromatic N) is 2. The molecule has 4 heteroatoms. The molecule has 0 aromatic heterocycles. The van der Waals surface area contributed by atoms with Crippen molar-refractivity contribution in [2.75, 3.05) is 25.0 Å². The van der Waals surface area contributed by atoms with Gasteiger partial charge in [-0.2, -0.15) is 5.26 Å². The van der Waals surface area contributed by atoms with Gasteiger partial charge < -0.3 is 5.32 Å². The highest BCUT2D eigenvalue weighted by molar-refractivity contribution is 5.93. The summed E-state index contributed by atoms with van der Waals surface area (Å²) in [5.41, 5.74) is 1.07. The van der Waals surface area contributed by atoms with E-state index in [9.17, 15) is 4.79 Å². The molecule has 19 heavy (non-hydrogen) atoms. The third-order valence-corrected chi connectivity index (χ3v) is 2.76. The number of rotatable bonds is 6. The minimum Gasteiger partial charge on any atom is -0.324 e. The number of likely N-dealkylation sites (N-methyl/N-ethyl adjacent to an activating group) is 1. The van der Waals surface area contributed by atoms with Crippen molar-refractivity contribution < 1.29 is 4.79 Å². The Labute approximate surface area is 115 Å². The van der Waals surface area contributed by atoms with Gasteiger partial charge in [-0.05, 0) is 24.6 Å². The summed E-state index contributed by atoms with van der Waals surface area (Å²) >= 11 is 0. The molecule has 0 spiro atoms. The number of carbonyl (C=O) groups excluding carboxylic acids is 1. The minimum absolute atomic E-state index is 0.0785. The van der Waals surface area contributed by atoms with Gasteiger partial charge in [0.15, 0.2) is 0 Å². The van der Waals surface area contributed by atoms with E-state index in [2.05, 4.69) is 30.1 Å². The first kappa shape index (κ1) is 15.2. The Morgan fingerprint density at radius 2 is 2.11 bits per heavy atom. The topological polar surface area (TPSA) is 56.1 Å². The highest BCUT2D eigenvalue weighted by Crippen LogP contribution is 2.13. The molecule has 0 fully saturated rings. The number of anilines is 1. The van der Waals surface area contributed by atoms with Gasteiger partial charge in [0.2, 0.25) is 5.91 Å². The smallest absolute Gasteiger partial charge is 0.238 e. The molecule has 0 atom stereocenters. The van der Waals surface area contributed by atoms with Gasteiger partial charge in [0.1, 0.15) is 6.07 Å². The molecule has 4 nitrogen and oxygen atoms in total. The van der Waals surface area contributed by atoms with Crippen molar-refractivity contribution in [1.82, 2.24) is 4.90 Å². The normalized spacial score (nSPS) is 10.5. The van der Waals surface area contributed by atoms with Crippen LogP contribution < -0.4 is 5.32 Å². The third-order valence-electron chi connectivity index (χ3n) is 2.76. The minimum atomic E-state index is -0.0785. The average Bonchev–Trinajstić information content (AvgIpc) is 2.38. The van der Waals surface area contributed by atoms with Gasteiger partial charge in [-0.1, -0.05) is 32.9 Å². The molecule has 1 aromatic rings. The van der Waals surface area contributed by atoms with E-state index in [0.717, 1.165) is 13.1 Å². The van der Waals surface area contributed by atoms with Crippen LogP contribution in [-0.2, 0) is 4.79 Å². The lowest BCUT2D eigenvalue weighted by Gasteiger charge is -2.21. The van der Waals surface area contributed by atoms with Gasteiger partial charge in [0.25, 0.3) is 0 Å². The predicted octanol–water partition coefficient (Wildman–Crippen LogP) is 2.47. The maximum Gasteiger partial charge on any atom is 0.238 e. The molecule has 0 unspecified atom stereocenters. The second kappa shape index (κ2) is 7.55. The SMILES string of the molecule is CCN(CC(=O)Nc1ccccc1C#N)CC(C)C. The van der Waals surface area contributed by atoms with E-state index in [1.54, 1.807) is 18.2 Å². The standard InChI is InChI=1S/C15H21N3O/c1-4-18(10-12(2)3)11-15(19)17-14-8-6-5-7-13(14)9-16/h5-8,12H,4,10-11H2,1-3H3,(H,17,19). The van der Waals surface area contributed by atoms with Crippen LogP contribution >= 0.6 is 0 Å². The molecule has 0 aliphatic carbocycles. The fourth-order valence-electron chi connectivity index (χ4n) is 1.90. The molecule has 0 bridgehead atoms. The highest BCUT2D eigenvalue weighted by atomic mass is 16.2. The molecule has 0 heterocycles. The predicted molar refractivity (Wildman–Crippen MR) is 76.7 cm³/mol. The quantitative estimate of drug-likeness (QED) is 0.854. The van der Waals surface area contributed by atoms with Gasteiger partial charge in [-0.25, -0.2) is 0 Å². The molecular formula is C15H21N3O. The Morgan fingerprint density at radius 1 is 1.42 bits per heavy atom. The van der Waals surface area contributed by atoms with Gasteiger partial charge in [-0.3, -0.25) is 9.69 Å². The maximum atomic E-state index is 12.0. The second-order valence-corrected chi connectivity index (χ2v) is 4.93. The van der Waals surface area contributed by atoms with Crippen molar-refractivity contribution in [3.8, 4) is 6.07 Å². The van der Waals surface area contributed by atoms with Crippen LogP contribution in [0.25, 0.3) is 0 Å². The summed E-state index contributed by atoms with van der Waals surface area (Å²) in [5.74, 6) is 0.448. The van der Waals surface area contributed by atoms with Crippen LogP contribution in [0.5, 0.6) is 0 Å². The maximum absolute atomic E-state index is 12.0. The van der Waals surface area contributed by atoms with E-state index in [1.807, 2.05) is 13.0 Å². The first-order chi connectivity index (χ1) is 9.06. The lowest BCUT2D eigenvalue weighted by molar-refractivity contribution is -0.117. The van der Waals surface area contributed by atoms with Crippen LogP contribution in [0, 0.1) is 17.2 Å². The summed E-state index contributed by atoms with van der Waals surface area (Å²) in [5, 5.41) is 11.8. The number of hydrogen-bond acceptors (Lipinski definition) is 3. The Kier molecular flexibility index (Phi) is 6.04. The number of amides is 1. The first-order valence-corrected chi connectivity index (χ1v) is 6.58. The van der Waals surface area contributed by atoms with Crippen LogP contribution in [0.4, 0.5) is 5.69 Å². The van der Waals surface area contributed by atoms with E-state index in [1.165, 1.54) is 0 Å². The van der Waals surface area contributed by atoms with E-state index >= 15 is 0 Å². The van der Waals surface area contributed by atoms with Crippen molar-refractivity contribution in [1.29, 1.82) is 5.26 Å². The molecule has 0 aliphatic rings. The molecule has 0 radical (unpaired) electrons. The zero-order chi connectivity index (χ0) is 14.3. The van der Waals surface area contributed by atoms with E-state index < -0.39 is 0 Å². The average molecular weight is 259 g/mol. The van der Waals surface area contributed by atoms with Gasteiger partial charge in [0.05, 0.1) is 17.8 Å². The molecule has 0 saturated heterocycles. The van der Waals surface area contributed by atoms with Crippen LogP contribution in [0.1, 0.15) is 26.3 Å². The Hall–Kier alpha value is -1.86. The molecular weight excluding hydrogens is 238 g/mol. The van der Waals surface area contributed by atoms with Crippen LogP contribution in [0.15, 0.2) is 24.3 Å². The van der Waals surface area contributed by atoms with Crippen LogP contribution in [-0.4, -0.2) is 30.4 Å². The number of nitriles is 1. The Balaban J connectivity index is 2.62. The molecule has 1 aromatic carbocycles. The number of carbonyl (C=O) groups is 1. The van der Waals surface area contributed by atoms with Gasteiger partial charge in [0, 0.05) is 6.54 Å². The zero-order valence-corrected chi connectivity index (χ0v) is 11.8. The second-order valence-electron chi connectivity index (χ2n) is 4.93. The number of hydrogen-bond donors (Lipinski definition) is 1. The van der Waals surface area contributed by atoms with Crippen LogP contribution in [0.2, 0.25) is 0 Å². The summed E-state index contributed by atoms with van der Waals surface area (Å²) in [4.78, 5) is 14.1. The molecule has 0 aliphatic heterocycles. The summed E-state index contributed by atoms with van der Waals surface area (Å²) in [6, 6.07) is 9.10. The van der Waals surface area contributed by atoms with Crippen LogP contribution in [0.3, 0.4) is 0 Å². The number of benzene rings is 1. The fraction of sp³-hybridized carbons (Fsp3) is 0.467. The summed E-state index contributed by atoms with van der Waals surface area (Å²) in [7, 11) is 0. The molecule has 1 amide bonds. The third kappa shape index (κ3) is 5.11. The van der Waals surface area contributed by atoms with E-state index in [4.69, 9.17) is 5.26 Å². The van der Waals surface area contributed by atoms with E-state index in [-0.39, 0.29) is 5.91 Å². The fourth-order valence-corrected chi connectivity index (χ4v) is 1.90. The van der Waals surface area contributed by atoms with Crippen molar-refractivity contribution in [2.45, 2.75) is 20.8 Å². The Bertz CT molecular complexity index is 463. The van der Waals surface area contributed by atoms with Crippen molar-refractivity contribution >= 4 is 11.6 Å². The molecule has 102 valence electrons. The van der Waals surface area contributed by atoms with Gasteiger partial charge >= 0.3 is 0 Å². The molecule has 1 N–H and O–H groups in total. The Morgan fingerprint density at radius 3 is 2.68 bits per heavy atom. The lowest BCUT2D eigenvalue weighted by Crippen LogP contribution is -2.35. The number of nitrogens with one attached hydrogen (secondary N) is 1. The first-order valence-electron chi connectivity index (χ1n) is 6.58. The monoisotopic (exact) mass is 259 g/mol. The van der Waals surface area contributed by atoms with Crippen molar-refractivity contribution in [3.63, 3.8) is 0 Å². The summed E-state index contributed by atoms with van der Waals surface area (Å²) < 4.78 is 0. The molecule has 1 rings (SSSR count). The lowest BCUT2D eigenvalue weighted by atomic mass is 10.2.